The zero-order valence-electron chi connectivity index (χ0n) is 10.9. The van der Waals surface area contributed by atoms with Gasteiger partial charge in [0, 0.05) is 16.7 Å². The van der Waals surface area contributed by atoms with Crippen LogP contribution in [0.2, 0.25) is 0 Å². The molecule has 1 aliphatic rings. The predicted octanol–water partition coefficient (Wildman–Crippen LogP) is 2.49. The first-order valence-corrected chi connectivity index (χ1v) is 7.39. The van der Waals surface area contributed by atoms with Gasteiger partial charge in [-0.05, 0) is 37.1 Å². The third-order valence-corrected chi connectivity index (χ3v) is 4.71. The summed E-state index contributed by atoms with van der Waals surface area (Å²) in [6.45, 7) is 3.91. The van der Waals surface area contributed by atoms with Crippen molar-refractivity contribution < 1.29 is 9.50 Å². The topological polar surface area (TPSA) is 32.3 Å². The molecule has 1 aromatic rings. The number of fused-ring (bicyclic) bond motifs is 1. The molecule has 0 aromatic heterocycles. The summed E-state index contributed by atoms with van der Waals surface area (Å²) >= 11 is 1.81. The van der Waals surface area contributed by atoms with Crippen molar-refractivity contribution in [2.45, 2.75) is 36.9 Å². The third kappa shape index (κ3) is 2.42. The van der Waals surface area contributed by atoms with Gasteiger partial charge in [-0.1, -0.05) is 19.1 Å². The molecule has 0 saturated heterocycles. The van der Waals surface area contributed by atoms with Crippen LogP contribution >= 0.6 is 11.8 Å². The number of hydrogen-bond acceptors (Lipinski definition) is 3. The van der Waals surface area contributed by atoms with Crippen LogP contribution in [0.25, 0.3) is 0 Å². The van der Waals surface area contributed by atoms with E-state index in [9.17, 15) is 9.50 Å². The number of hydrogen-bond donors (Lipinski definition) is 2. The normalized spacial score (nSPS) is 19.3. The van der Waals surface area contributed by atoms with Gasteiger partial charge in [0.25, 0.3) is 0 Å². The average molecular weight is 269 g/mol. The fourth-order valence-corrected chi connectivity index (χ4v) is 3.44. The van der Waals surface area contributed by atoms with E-state index in [4.69, 9.17) is 0 Å². The fraction of sp³-hybridized carbons (Fsp3) is 0.571. The van der Waals surface area contributed by atoms with Crippen molar-refractivity contribution in [3.8, 4) is 0 Å². The van der Waals surface area contributed by atoms with E-state index in [0.29, 0.717) is 12.1 Å². The Kier molecular flexibility index (Phi) is 4.30. The van der Waals surface area contributed by atoms with Crippen molar-refractivity contribution in [3.05, 3.63) is 29.3 Å². The molecule has 2 N–H and O–H groups in total. The third-order valence-electron chi connectivity index (χ3n) is 3.60. The van der Waals surface area contributed by atoms with Crippen LogP contribution in [0, 0.1) is 0 Å². The lowest BCUT2D eigenvalue weighted by atomic mass is 9.88. The van der Waals surface area contributed by atoms with Crippen LogP contribution in [0.1, 0.15) is 25.0 Å². The Balaban J connectivity index is 2.32. The number of likely N-dealkylation sites (N-methyl/N-ethyl adjacent to an activating group) is 1. The monoisotopic (exact) mass is 269 g/mol. The lowest BCUT2D eigenvalue weighted by Crippen LogP contribution is -2.46. The largest absolute Gasteiger partial charge is 0.393 e. The van der Waals surface area contributed by atoms with Crippen molar-refractivity contribution in [3.63, 3.8) is 0 Å². The van der Waals surface area contributed by atoms with Crippen LogP contribution in [-0.4, -0.2) is 30.1 Å². The van der Waals surface area contributed by atoms with Gasteiger partial charge in [0.15, 0.2) is 5.67 Å². The lowest BCUT2D eigenvalue weighted by molar-refractivity contribution is 0.0369. The van der Waals surface area contributed by atoms with E-state index in [1.165, 1.54) is 10.5 Å². The summed E-state index contributed by atoms with van der Waals surface area (Å²) in [5.41, 5.74) is 0.0783. The molecule has 2 nitrogen and oxygen atoms in total. The minimum Gasteiger partial charge on any atom is -0.393 e. The molecule has 0 aliphatic carbocycles. The molecular weight excluding hydrogens is 249 g/mol. The number of aliphatic hydroxyl groups is 1. The Morgan fingerprint density at radius 2 is 2.33 bits per heavy atom. The number of rotatable bonds is 5. The van der Waals surface area contributed by atoms with Crippen LogP contribution in [0.4, 0.5) is 4.39 Å². The Hall–Kier alpha value is -0.580. The summed E-state index contributed by atoms with van der Waals surface area (Å²) in [4.78, 5) is 1.25. The Bertz CT molecular complexity index is 426. The van der Waals surface area contributed by atoms with Crippen molar-refractivity contribution in [1.82, 2.24) is 5.32 Å². The van der Waals surface area contributed by atoms with Gasteiger partial charge >= 0.3 is 0 Å². The number of halogens is 1. The van der Waals surface area contributed by atoms with Crippen LogP contribution < -0.4 is 5.32 Å². The molecule has 2 atom stereocenters. The quantitative estimate of drug-likeness (QED) is 0.861. The first kappa shape index (κ1) is 13.8. The van der Waals surface area contributed by atoms with Gasteiger partial charge in [0.1, 0.15) is 0 Å². The van der Waals surface area contributed by atoms with E-state index in [1.54, 1.807) is 13.0 Å². The smallest absolute Gasteiger partial charge is 0.173 e. The molecule has 0 saturated carbocycles. The van der Waals surface area contributed by atoms with Gasteiger partial charge in [-0.25, -0.2) is 4.39 Å². The van der Waals surface area contributed by atoms with Crippen molar-refractivity contribution in [2.75, 3.05) is 18.9 Å². The first-order valence-electron chi connectivity index (χ1n) is 6.41. The molecule has 0 fully saturated rings. The molecule has 1 heterocycles. The zero-order valence-corrected chi connectivity index (χ0v) is 11.7. The SMILES string of the molecule is CCNC(C)C(F)(CO)c1ccc2c(c1)CCS2. The Labute approximate surface area is 112 Å². The van der Waals surface area contributed by atoms with E-state index >= 15 is 0 Å². The Morgan fingerprint density at radius 1 is 1.56 bits per heavy atom. The molecule has 1 aliphatic heterocycles. The van der Waals surface area contributed by atoms with Gasteiger partial charge < -0.3 is 10.4 Å². The molecule has 4 heteroatoms. The Morgan fingerprint density at radius 3 is 3.00 bits per heavy atom. The van der Waals surface area contributed by atoms with Gasteiger partial charge in [0.05, 0.1) is 6.61 Å². The molecule has 2 rings (SSSR count). The van der Waals surface area contributed by atoms with Gasteiger partial charge in [-0.2, -0.15) is 0 Å². The molecule has 18 heavy (non-hydrogen) atoms. The highest BCUT2D eigenvalue weighted by Gasteiger charge is 2.38. The summed E-state index contributed by atoms with van der Waals surface area (Å²) in [7, 11) is 0. The highest BCUT2D eigenvalue weighted by Crippen LogP contribution is 2.36. The molecule has 1 aromatic carbocycles. The second-order valence-electron chi connectivity index (χ2n) is 4.72. The zero-order chi connectivity index (χ0) is 13.2. The summed E-state index contributed by atoms with van der Waals surface area (Å²) in [6.07, 6.45) is 0.991. The van der Waals surface area contributed by atoms with Gasteiger partial charge in [0.2, 0.25) is 0 Å². The summed E-state index contributed by atoms with van der Waals surface area (Å²) in [5.74, 6) is 1.07. The maximum Gasteiger partial charge on any atom is 0.173 e. The molecule has 2 unspecified atom stereocenters. The van der Waals surface area contributed by atoms with E-state index < -0.39 is 18.3 Å². The average Bonchev–Trinajstić information content (AvgIpc) is 2.85. The molecule has 0 amide bonds. The summed E-state index contributed by atoms with van der Waals surface area (Å²) in [5, 5.41) is 12.5. The second-order valence-corrected chi connectivity index (χ2v) is 5.86. The minimum absolute atomic E-state index is 0.403. The number of alkyl halides is 1. The van der Waals surface area contributed by atoms with Crippen LogP contribution in [-0.2, 0) is 12.1 Å². The predicted molar refractivity (Wildman–Crippen MR) is 73.9 cm³/mol. The maximum absolute atomic E-state index is 15.0. The van der Waals surface area contributed by atoms with E-state index in [1.807, 2.05) is 30.8 Å². The second kappa shape index (κ2) is 5.59. The van der Waals surface area contributed by atoms with Gasteiger partial charge in [-0.15, -0.1) is 11.8 Å². The first-order chi connectivity index (χ1) is 8.61. The van der Waals surface area contributed by atoms with Crippen LogP contribution in [0.15, 0.2) is 23.1 Å². The number of benzene rings is 1. The highest BCUT2D eigenvalue weighted by molar-refractivity contribution is 7.99. The lowest BCUT2D eigenvalue weighted by Gasteiger charge is -2.31. The van der Waals surface area contributed by atoms with Crippen molar-refractivity contribution >= 4 is 11.8 Å². The standard InChI is InChI=1S/C14H20FNOS/c1-3-16-10(2)14(15,9-17)12-4-5-13-11(8-12)6-7-18-13/h4-5,8,10,16-17H,3,6-7,9H2,1-2H3. The highest BCUT2D eigenvalue weighted by atomic mass is 32.2. The van der Waals surface area contributed by atoms with Crippen LogP contribution in [0.3, 0.4) is 0 Å². The summed E-state index contributed by atoms with van der Waals surface area (Å²) < 4.78 is 15.0. The molecular formula is C14H20FNOS. The summed E-state index contributed by atoms with van der Waals surface area (Å²) in [6, 6.07) is 5.30. The number of aryl methyl sites for hydroxylation is 1. The van der Waals surface area contributed by atoms with Crippen molar-refractivity contribution in [2.24, 2.45) is 0 Å². The minimum atomic E-state index is -1.71. The fourth-order valence-electron chi connectivity index (χ4n) is 2.39. The van der Waals surface area contributed by atoms with Gasteiger partial charge in [-0.3, -0.25) is 0 Å². The van der Waals surface area contributed by atoms with Crippen molar-refractivity contribution in [1.29, 1.82) is 0 Å². The van der Waals surface area contributed by atoms with Crippen LogP contribution in [0.5, 0.6) is 0 Å². The molecule has 100 valence electrons. The number of aliphatic hydroxyl groups excluding tert-OH is 1. The number of nitrogens with one attached hydrogen (secondary N) is 1. The van der Waals surface area contributed by atoms with E-state index in [0.717, 1.165) is 12.2 Å². The van der Waals surface area contributed by atoms with E-state index in [2.05, 4.69) is 5.32 Å². The van der Waals surface area contributed by atoms with E-state index in [-0.39, 0.29) is 0 Å². The molecule has 0 spiro atoms. The number of thioether (sulfide) groups is 1. The maximum atomic E-state index is 15.0. The molecule has 0 radical (unpaired) electrons. The molecule has 0 bridgehead atoms.